The van der Waals surface area contributed by atoms with Crippen LogP contribution in [-0.2, 0) is 4.79 Å². The zero-order chi connectivity index (χ0) is 19.1. The largest absolute Gasteiger partial charge is 0.339 e. The molecule has 4 rings (SSSR count). The number of aryl methyl sites for hydroxylation is 2. The van der Waals surface area contributed by atoms with E-state index in [1.807, 2.05) is 43.3 Å². The molecule has 0 aliphatic carbocycles. The van der Waals surface area contributed by atoms with Crippen molar-refractivity contribution in [2.75, 3.05) is 11.4 Å². The fraction of sp³-hybridized carbons (Fsp3) is 0.286. The van der Waals surface area contributed by atoms with E-state index in [-0.39, 0.29) is 11.8 Å². The second-order valence-corrected chi connectivity index (χ2v) is 7.45. The van der Waals surface area contributed by atoms with Crippen molar-refractivity contribution in [3.63, 3.8) is 0 Å². The van der Waals surface area contributed by atoms with Gasteiger partial charge < -0.3 is 9.42 Å². The van der Waals surface area contributed by atoms with Crippen LogP contribution in [0.25, 0.3) is 11.4 Å². The molecule has 1 atom stereocenters. The first kappa shape index (κ1) is 17.7. The summed E-state index contributed by atoms with van der Waals surface area (Å²) < 4.78 is 5.49. The summed E-state index contributed by atoms with van der Waals surface area (Å²) in [5, 5.41) is 4.77. The van der Waals surface area contributed by atoms with Gasteiger partial charge in [-0.3, -0.25) is 4.79 Å². The maximum Gasteiger partial charge on any atom is 0.232 e. The molecule has 0 spiro atoms. The number of hydrogen-bond donors (Lipinski definition) is 0. The summed E-state index contributed by atoms with van der Waals surface area (Å²) in [5.41, 5.74) is 5.05. The van der Waals surface area contributed by atoms with Crippen molar-refractivity contribution in [3.8, 4) is 11.4 Å². The van der Waals surface area contributed by atoms with Crippen molar-refractivity contribution in [1.29, 1.82) is 0 Å². The summed E-state index contributed by atoms with van der Waals surface area (Å²) >= 11 is 6.21. The van der Waals surface area contributed by atoms with E-state index in [4.69, 9.17) is 16.1 Å². The van der Waals surface area contributed by atoms with Crippen molar-refractivity contribution in [1.82, 2.24) is 10.1 Å². The molecule has 1 unspecified atom stereocenters. The molecule has 1 aliphatic heterocycles. The topological polar surface area (TPSA) is 59.2 Å². The maximum absolute atomic E-state index is 12.6. The van der Waals surface area contributed by atoms with Crippen LogP contribution in [0.1, 0.15) is 34.9 Å². The average molecular weight is 382 g/mol. The summed E-state index contributed by atoms with van der Waals surface area (Å²) in [6.07, 6.45) is 0.348. The second-order valence-electron chi connectivity index (χ2n) is 7.04. The molecule has 1 aromatic heterocycles. The molecule has 0 radical (unpaired) electrons. The predicted octanol–water partition coefficient (Wildman–Crippen LogP) is 4.84. The van der Waals surface area contributed by atoms with Crippen LogP contribution in [0.15, 0.2) is 40.9 Å². The molecule has 3 aromatic rings. The van der Waals surface area contributed by atoms with Crippen molar-refractivity contribution in [2.24, 2.45) is 0 Å². The Labute approximate surface area is 163 Å². The Morgan fingerprint density at radius 1 is 1.15 bits per heavy atom. The fourth-order valence-corrected chi connectivity index (χ4v) is 3.56. The number of benzene rings is 2. The van der Waals surface area contributed by atoms with E-state index in [1.54, 1.807) is 4.90 Å². The van der Waals surface area contributed by atoms with Gasteiger partial charge in [0.1, 0.15) is 0 Å². The van der Waals surface area contributed by atoms with Crippen LogP contribution < -0.4 is 4.90 Å². The van der Waals surface area contributed by atoms with Crippen molar-refractivity contribution < 1.29 is 9.32 Å². The molecule has 27 heavy (non-hydrogen) atoms. The number of nitrogens with zero attached hydrogens (tertiary/aromatic N) is 3. The molecule has 5 nitrogen and oxygen atoms in total. The molecule has 2 heterocycles. The van der Waals surface area contributed by atoms with Crippen molar-refractivity contribution in [2.45, 2.75) is 33.1 Å². The van der Waals surface area contributed by atoms with Gasteiger partial charge in [0.25, 0.3) is 0 Å². The monoisotopic (exact) mass is 381 g/mol. The summed E-state index contributed by atoms with van der Waals surface area (Å²) in [4.78, 5) is 18.9. The first-order chi connectivity index (χ1) is 12.9. The van der Waals surface area contributed by atoms with Gasteiger partial charge in [-0.25, -0.2) is 0 Å². The van der Waals surface area contributed by atoms with Crippen molar-refractivity contribution in [3.05, 3.63) is 64.0 Å². The van der Waals surface area contributed by atoms with E-state index in [2.05, 4.69) is 24.0 Å². The zero-order valence-corrected chi connectivity index (χ0v) is 16.2. The van der Waals surface area contributed by atoms with E-state index in [0.717, 1.165) is 16.8 Å². The van der Waals surface area contributed by atoms with Gasteiger partial charge in [0.2, 0.25) is 17.6 Å². The highest BCUT2D eigenvalue weighted by atomic mass is 35.5. The quantitative estimate of drug-likeness (QED) is 0.651. The number of rotatable bonds is 3. The summed E-state index contributed by atoms with van der Waals surface area (Å²) in [6.45, 7) is 6.55. The molecular formula is C21H20ClN3O2. The molecule has 1 amide bonds. The highest BCUT2D eigenvalue weighted by molar-refractivity contribution is 6.31. The van der Waals surface area contributed by atoms with Crippen LogP contribution in [0, 0.1) is 20.8 Å². The first-order valence-corrected chi connectivity index (χ1v) is 9.28. The lowest BCUT2D eigenvalue weighted by Gasteiger charge is -2.19. The number of carbonyl (C=O) groups excluding carboxylic acids is 1. The number of halogens is 1. The van der Waals surface area contributed by atoms with Gasteiger partial charge in [-0.05, 0) is 55.7 Å². The van der Waals surface area contributed by atoms with Gasteiger partial charge in [0.15, 0.2) is 0 Å². The molecule has 6 heteroatoms. The molecule has 1 aliphatic rings. The van der Waals surface area contributed by atoms with Gasteiger partial charge in [0, 0.05) is 29.2 Å². The SMILES string of the molecule is Cc1ccc(-c2noc(C3CC(=O)N(c4cccc(Cl)c4C)C3)n2)cc1C. The third kappa shape index (κ3) is 3.23. The molecule has 1 saturated heterocycles. The van der Waals surface area contributed by atoms with Gasteiger partial charge in [0.05, 0.1) is 5.92 Å². The Kier molecular flexibility index (Phi) is 4.48. The second kappa shape index (κ2) is 6.82. The lowest BCUT2D eigenvalue weighted by Crippen LogP contribution is -2.25. The fourth-order valence-electron chi connectivity index (χ4n) is 3.39. The molecule has 1 fully saturated rings. The van der Waals surface area contributed by atoms with E-state index in [0.29, 0.717) is 29.7 Å². The summed E-state index contributed by atoms with van der Waals surface area (Å²) in [6, 6.07) is 11.7. The Hall–Kier alpha value is -2.66. The van der Waals surface area contributed by atoms with Crippen LogP contribution in [0.3, 0.4) is 0 Å². The van der Waals surface area contributed by atoms with E-state index in [1.165, 1.54) is 11.1 Å². The minimum atomic E-state index is -0.122. The Morgan fingerprint density at radius 2 is 1.96 bits per heavy atom. The molecule has 0 bridgehead atoms. The third-order valence-corrected chi connectivity index (χ3v) is 5.62. The highest BCUT2D eigenvalue weighted by Crippen LogP contribution is 2.35. The van der Waals surface area contributed by atoms with Crippen LogP contribution >= 0.6 is 11.6 Å². The third-order valence-electron chi connectivity index (χ3n) is 5.21. The van der Waals surface area contributed by atoms with E-state index < -0.39 is 0 Å². The zero-order valence-electron chi connectivity index (χ0n) is 15.5. The number of amides is 1. The minimum Gasteiger partial charge on any atom is -0.339 e. The number of anilines is 1. The molecular weight excluding hydrogens is 362 g/mol. The lowest BCUT2D eigenvalue weighted by molar-refractivity contribution is -0.117. The van der Waals surface area contributed by atoms with Crippen LogP contribution in [0.5, 0.6) is 0 Å². The minimum absolute atomic E-state index is 0.0382. The van der Waals surface area contributed by atoms with Gasteiger partial charge in [-0.15, -0.1) is 0 Å². The maximum atomic E-state index is 12.6. The van der Waals surface area contributed by atoms with Crippen LogP contribution in [0.4, 0.5) is 5.69 Å². The molecule has 0 saturated carbocycles. The number of hydrogen-bond acceptors (Lipinski definition) is 4. The first-order valence-electron chi connectivity index (χ1n) is 8.90. The van der Waals surface area contributed by atoms with E-state index in [9.17, 15) is 4.79 Å². The number of aromatic nitrogens is 2. The molecule has 2 aromatic carbocycles. The van der Waals surface area contributed by atoms with Crippen LogP contribution in [0.2, 0.25) is 5.02 Å². The predicted molar refractivity (Wildman–Crippen MR) is 105 cm³/mol. The summed E-state index contributed by atoms with van der Waals surface area (Å²) in [5.74, 6) is 0.969. The number of carbonyl (C=O) groups is 1. The smallest absolute Gasteiger partial charge is 0.232 e. The van der Waals surface area contributed by atoms with E-state index >= 15 is 0 Å². The van der Waals surface area contributed by atoms with Gasteiger partial charge >= 0.3 is 0 Å². The Morgan fingerprint density at radius 3 is 2.74 bits per heavy atom. The Balaban J connectivity index is 1.59. The Bertz CT molecular complexity index is 1030. The average Bonchev–Trinajstić information content (AvgIpc) is 3.27. The molecule has 138 valence electrons. The molecule has 0 N–H and O–H groups in total. The van der Waals surface area contributed by atoms with Crippen LogP contribution in [-0.4, -0.2) is 22.6 Å². The van der Waals surface area contributed by atoms with Gasteiger partial charge in [-0.2, -0.15) is 4.98 Å². The highest BCUT2D eigenvalue weighted by Gasteiger charge is 2.36. The normalized spacial score (nSPS) is 17.0. The summed E-state index contributed by atoms with van der Waals surface area (Å²) in [7, 11) is 0. The standard InChI is InChI=1S/C21H20ClN3O2/c1-12-7-8-15(9-13(12)2)20-23-21(27-24-20)16-10-19(26)25(11-16)18-6-4-5-17(22)14(18)3/h4-9,16H,10-11H2,1-3H3. The van der Waals surface area contributed by atoms with Crippen molar-refractivity contribution >= 4 is 23.2 Å². The lowest BCUT2D eigenvalue weighted by atomic mass is 10.1. The van der Waals surface area contributed by atoms with Gasteiger partial charge in [-0.1, -0.05) is 35.0 Å².